The maximum Gasteiger partial charge on any atom is 0.451 e. The van der Waals surface area contributed by atoms with Gasteiger partial charge in [-0.1, -0.05) is 0 Å². The van der Waals surface area contributed by atoms with Crippen LogP contribution in [-0.4, -0.2) is 22.9 Å². The van der Waals surface area contributed by atoms with Gasteiger partial charge in [-0.15, -0.1) is 0 Å². The normalized spacial score (nSPS) is 11.9. The minimum atomic E-state index is -4.77. The fourth-order valence-electron chi connectivity index (χ4n) is 0.865. The van der Waals surface area contributed by atoms with Crippen LogP contribution in [0.15, 0.2) is 6.07 Å². The van der Waals surface area contributed by atoms with Gasteiger partial charge in [0, 0.05) is 6.07 Å². The van der Waals surface area contributed by atoms with Crippen LogP contribution in [0, 0.1) is 0 Å². The monoisotopic (exact) mass is 242 g/mol. The Bertz CT molecular complexity index is 364. The van der Waals surface area contributed by atoms with Crippen molar-refractivity contribution in [1.82, 2.24) is 9.97 Å². The van der Waals surface area contributed by atoms with Crippen LogP contribution in [0.3, 0.4) is 0 Å². The van der Waals surface area contributed by atoms with Gasteiger partial charge in [0.2, 0.25) is 5.82 Å². The molecule has 0 spiro atoms. The molecule has 1 rings (SSSR count). The molecule has 1 heterocycles. The SMILES string of the molecule is Nc1cc(NCC(F)F)nc(C(F)(F)F)n1. The largest absolute Gasteiger partial charge is 0.451 e. The van der Waals surface area contributed by atoms with Crippen LogP contribution < -0.4 is 11.1 Å². The molecule has 4 nitrogen and oxygen atoms in total. The minimum absolute atomic E-state index is 0.389. The molecule has 0 radical (unpaired) electrons. The van der Waals surface area contributed by atoms with Crippen LogP contribution in [-0.2, 0) is 6.18 Å². The smallest absolute Gasteiger partial charge is 0.384 e. The van der Waals surface area contributed by atoms with Gasteiger partial charge in [-0.2, -0.15) is 13.2 Å². The molecule has 0 aliphatic carbocycles. The second-order valence-corrected chi connectivity index (χ2v) is 2.77. The lowest BCUT2D eigenvalue weighted by molar-refractivity contribution is -0.144. The number of nitrogens with zero attached hydrogens (tertiary/aromatic N) is 2. The van der Waals surface area contributed by atoms with Gasteiger partial charge in [-0.3, -0.25) is 0 Å². The molecule has 0 bridgehead atoms. The molecule has 1 aromatic heterocycles. The van der Waals surface area contributed by atoms with Gasteiger partial charge in [0.25, 0.3) is 6.43 Å². The maximum absolute atomic E-state index is 12.2. The maximum atomic E-state index is 12.2. The molecular weight excluding hydrogens is 235 g/mol. The van der Waals surface area contributed by atoms with Crippen molar-refractivity contribution < 1.29 is 22.0 Å². The Morgan fingerprint density at radius 1 is 1.31 bits per heavy atom. The summed E-state index contributed by atoms with van der Waals surface area (Å²) in [6, 6.07) is 0.942. The average molecular weight is 242 g/mol. The van der Waals surface area contributed by atoms with Gasteiger partial charge in [0.1, 0.15) is 11.6 Å². The van der Waals surface area contributed by atoms with E-state index in [9.17, 15) is 22.0 Å². The van der Waals surface area contributed by atoms with Crippen molar-refractivity contribution in [3.8, 4) is 0 Å². The van der Waals surface area contributed by atoms with Crippen LogP contribution in [0.4, 0.5) is 33.6 Å². The molecule has 0 aliphatic rings. The average Bonchev–Trinajstić information content (AvgIpc) is 2.12. The van der Waals surface area contributed by atoms with Gasteiger partial charge < -0.3 is 11.1 Å². The molecule has 0 aromatic carbocycles. The second kappa shape index (κ2) is 4.45. The summed E-state index contributed by atoms with van der Waals surface area (Å²) in [5, 5.41) is 2.02. The van der Waals surface area contributed by atoms with Crippen molar-refractivity contribution in [1.29, 1.82) is 0 Å². The van der Waals surface area contributed by atoms with E-state index < -0.39 is 30.8 Å². The van der Waals surface area contributed by atoms with Crippen molar-refractivity contribution in [2.24, 2.45) is 0 Å². The Morgan fingerprint density at radius 2 is 1.94 bits per heavy atom. The van der Waals surface area contributed by atoms with Gasteiger partial charge in [0.15, 0.2) is 0 Å². The Morgan fingerprint density at radius 3 is 2.44 bits per heavy atom. The van der Waals surface area contributed by atoms with Crippen LogP contribution >= 0.6 is 0 Å². The summed E-state index contributed by atoms with van der Waals surface area (Å²) in [4.78, 5) is 5.96. The number of hydrogen-bond donors (Lipinski definition) is 2. The first-order valence-electron chi connectivity index (χ1n) is 4.03. The number of halogens is 5. The summed E-state index contributed by atoms with van der Waals surface area (Å²) >= 11 is 0. The first-order valence-corrected chi connectivity index (χ1v) is 4.03. The summed E-state index contributed by atoms with van der Waals surface area (Å²) in [5.74, 6) is -2.30. The molecule has 0 saturated carbocycles. The number of nitrogens with two attached hydrogens (primary N) is 1. The third kappa shape index (κ3) is 3.48. The lowest BCUT2D eigenvalue weighted by Gasteiger charge is -2.09. The first kappa shape index (κ1) is 12.4. The van der Waals surface area contributed by atoms with Crippen LogP contribution in [0.5, 0.6) is 0 Å². The van der Waals surface area contributed by atoms with E-state index in [1.165, 1.54) is 0 Å². The summed E-state index contributed by atoms with van der Waals surface area (Å²) in [6.45, 7) is -0.812. The molecule has 0 saturated heterocycles. The van der Waals surface area contributed by atoms with Crippen molar-refractivity contribution in [2.75, 3.05) is 17.6 Å². The van der Waals surface area contributed by atoms with E-state index in [0.717, 1.165) is 6.07 Å². The molecule has 90 valence electrons. The Hall–Kier alpha value is -1.67. The highest BCUT2D eigenvalue weighted by molar-refractivity contribution is 5.44. The lowest BCUT2D eigenvalue weighted by atomic mass is 10.4. The Labute approximate surface area is 86.7 Å². The summed E-state index contributed by atoms with van der Waals surface area (Å²) < 4.78 is 60.2. The Balaban J connectivity index is 2.90. The topological polar surface area (TPSA) is 63.8 Å². The first-order chi connectivity index (χ1) is 7.29. The van der Waals surface area contributed by atoms with Gasteiger partial charge in [-0.25, -0.2) is 18.7 Å². The molecule has 0 atom stereocenters. The highest BCUT2D eigenvalue weighted by atomic mass is 19.4. The third-order valence-corrected chi connectivity index (χ3v) is 1.44. The van der Waals surface area contributed by atoms with Crippen LogP contribution in [0.2, 0.25) is 0 Å². The van der Waals surface area contributed by atoms with Gasteiger partial charge >= 0.3 is 6.18 Å². The van der Waals surface area contributed by atoms with Crippen LogP contribution in [0.1, 0.15) is 5.82 Å². The molecule has 0 amide bonds. The zero-order valence-electron chi connectivity index (χ0n) is 7.72. The molecule has 0 fully saturated rings. The predicted molar refractivity (Wildman–Crippen MR) is 45.9 cm³/mol. The second-order valence-electron chi connectivity index (χ2n) is 2.77. The molecule has 9 heteroatoms. The summed E-state index contributed by atoms with van der Waals surface area (Å²) in [6.07, 6.45) is -7.47. The van der Waals surface area contributed by atoms with E-state index in [-0.39, 0.29) is 5.82 Å². The fraction of sp³-hybridized carbons (Fsp3) is 0.429. The zero-order valence-corrected chi connectivity index (χ0v) is 7.72. The molecule has 0 aliphatic heterocycles. The minimum Gasteiger partial charge on any atom is -0.384 e. The highest BCUT2D eigenvalue weighted by Gasteiger charge is 2.35. The third-order valence-electron chi connectivity index (χ3n) is 1.44. The number of alkyl halides is 5. The van der Waals surface area contributed by atoms with E-state index in [1.807, 2.05) is 5.32 Å². The highest BCUT2D eigenvalue weighted by Crippen LogP contribution is 2.27. The molecule has 0 unspecified atom stereocenters. The number of nitrogens with one attached hydrogen (secondary N) is 1. The van der Waals surface area contributed by atoms with Crippen molar-refractivity contribution >= 4 is 11.6 Å². The fourth-order valence-corrected chi connectivity index (χ4v) is 0.865. The summed E-state index contributed by atoms with van der Waals surface area (Å²) in [7, 11) is 0. The number of hydrogen-bond acceptors (Lipinski definition) is 4. The van der Waals surface area contributed by atoms with Crippen LogP contribution in [0.25, 0.3) is 0 Å². The number of nitrogen functional groups attached to an aromatic ring is 1. The van der Waals surface area contributed by atoms with E-state index >= 15 is 0 Å². The van der Waals surface area contributed by atoms with Crippen molar-refractivity contribution in [3.63, 3.8) is 0 Å². The van der Waals surface area contributed by atoms with E-state index in [2.05, 4.69) is 9.97 Å². The van der Waals surface area contributed by atoms with Crippen molar-refractivity contribution in [3.05, 3.63) is 11.9 Å². The summed E-state index contributed by atoms with van der Waals surface area (Å²) in [5.41, 5.74) is 5.08. The van der Waals surface area contributed by atoms with E-state index in [0.29, 0.717) is 0 Å². The zero-order chi connectivity index (χ0) is 12.3. The van der Waals surface area contributed by atoms with Crippen molar-refractivity contribution in [2.45, 2.75) is 12.6 Å². The number of rotatable bonds is 3. The Kier molecular flexibility index (Phi) is 3.45. The molecule has 3 N–H and O–H groups in total. The van der Waals surface area contributed by atoms with Gasteiger partial charge in [-0.05, 0) is 0 Å². The van der Waals surface area contributed by atoms with Gasteiger partial charge in [0.05, 0.1) is 6.54 Å². The molecule has 16 heavy (non-hydrogen) atoms. The lowest BCUT2D eigenvalue weighted by Crippen LogP contribution is -2.16. The number of anilines is 2. The molecule has 1 aromatic rings. The van der Waals surface area contributed by atoms with E-state index in [4.69, 9.17) is 5.73 Å². The number of aromatic nitrogens is 2. The predicted octanol–water partition coefficient (Wildman–Crippen LogP) is 1.75. The quantitative estimate of drug-likeness (QED) is 0.792. The standard InChI is InChI=1S/C7H7F5N4/c8-3(9)2-14-5-1-4(13)15-6(16-5)7(10,11)12/h1,3H,2H2,(H3,13,14,15,16). The van der Waals surface area contributed by atoms with E-state index in [1.54, 1.807) is 0 Å². The molecular formula is C7H7F5N4.